The summed E-state index contributed by atoms with van der Waals surface area (Å²) in [4.78, 5) is 0. The Kier molecular flexibility index (Phi) is 3.54. The maximum Gasteiger partial charge on any atom is 0.166 e. The molecule has 1 atom stereocenters. The molecule has 0 saturated heterocycles. The minimum atomic E-state index is -0.634. The molecule has 2 N–H and O–H groups in total. The average Bonchev–Trinajstić information content (AvgIpc) is 2.70. The van der Waals surface area contributed by atoms with Crippen LogP contribution in [0.2, 0.25) is 4.34 Å². The van der Waals surface area contributed by atoms with E-state index in [1.54, 1.807) is 6.07 Å². The zero-order chi connectivity index (χ0) is 12.4. The van der Waals surface area contributed by atoms with Crippen LogP contribution in [0.25, 0.3) is 0 Å². The van der Waals surface area contributed by atoms with Crippen molar-refractivity contribution in [2.24, 2.45) is 0 Å². The van der Waals surface area contributed by atoms with Crippen molar-refractivity contribution in [2.45, 2.75) is 13.0 Å². The lowest BCUT2D eigenvalue weighted by atomic mass is 10.1. The molecule has 0 spiro atoms. The number of benzene rings is 1. The lowest BCUT2D eigenvalue weighted by Crippen LogP contribution is -2.05. The highest BCUT2D eigenvalue weighted by Crippen LogP contribution is 2.28. The molecule has 17 heavy (non-hydrogen) atoms. The van der Waals surface area contributed by atoms with E-state index in [0.717, 1.165) is 9.90 Å². The van der Waals surface area contributed by atoms with Gasteiger partial charge in [-0.05, 0) is 36.1 Å². The molecule has 2 aromatic rings. The molecular weight excluding hydrogens is 261 g/mol. The molecule has 0 aliphatic rings. The van der Waals surface area contributed by atoms with Crippen molar-refractivity contribution in [1.29, 1.82) is 0 Å². The van der Waals surface area contributed by atoms with Crippen LogP contribution in [0.4, 0.5) is 10.1 Å². The van der Waals surface area contributed by atoms with E-state index in [-0.39, 0.29) is 11.8 Å². The van der Waals surface area contributed by atoms with Crippen molar-refractivity contribution >= 4 is 28.6 Å². The van der Waals surface area contributed by atoms with Gasteiger partial charge in [0.15, 0.2) is 11.6 Å². The highest BCUT2D eigenvalue weighted by atomic mass is 35.5. The number of thiophene rings is 1. The highest BCUT2D eigenvalue weighted by Gasteiger charge is 2.09. The summed E-state index contributed by atoms with van der Waals surface area (Å²) in [5.74, 6) is -0.979. The number of phenolic OH excluding ortho intramolecular Hbond substituents is 1. The molecule has 2 rings (SSSR count). The van der Waals surface area contributed by atoms with Gasteiger partial charge in [-0.1, -0.05) is 11.6 Å². The first kappa shape index (κ1) is 12.2. The van der Waals surface area contributed by atoms with Crippen molar-refractivity contribution < 1.29 is 9.50 Å². The number of anilines is 1. The van der Waals surface area contributed by atoms with E-state index in [1.807, 2.05) is 18.4 Å². The Labute approximate surface area is 108 Å². The van der Waals surface area contributed by atoms with Gasteiger partial charge in [0.1, 0.15) is 0 Å². The average molecular weight is 272 g/mol. The summed E-state index contributed by atoms with van der Waals surface area (Å²) in [5, 5.41) is 14.2. The largest absolute Gasteiger partial charge is 0.505 e. The van der Waals surface area contributed by atoms with Gasteiger partial charge in [-0.25, -0.2) is 4.39 Å². The predicted octanol–water partition coefficient (Wildman–Crippen LogP) is 4.42. The van der Waals surface area contributed by atoms with E-state index < -0.39 is 5.82 Å². The van der Waals surface area contributed by atoms with E-state index in [2.05, 4.69) is 5.32 Å². The van der Waals surface area contributed by atoms with Gasteiger partial charge in [-0.2, -0.15) is 0 Å². The van der Waals surface area contributed by atoms with Gasteiger partial charge in [0, 0.05) is 17.8 Å². The quantitative estimate of drug-likeness (QED) is 0.810. The summed E-state index contributed by atoms with van der Waals surface area (Å²) in [6.45, 7) is 1.96. The smallest absolute Gasteiger partial charge is 0.166 e. The van der Waals surface area contributed by atoms with Gasteiger partial charge >= 0.3 is 0 Å². The molecule has 0 radical (unpaired) electrons. The number of phenols is 1. The van der Waals surface area contributed by atoms with Gasteiger partial charge in [0.05, 0.1) is 4.34 Å². The monoisotopic (exact) mass is 271 g/mol. The van der Waals surface area contributed by atoms with Crippen molar-refractivity contribution in [3.05, 3.63) is 45.4 Å². The van der Waals surface area contributed by atoms with Crippen LogP contribution < -0.4 is 5.32 Å². The molecular formula is C12H11ClFNOS. The molecule has 1 aromatic carbocycles. The van der Waals surface area contributed by atoms with E-state index in [1.165, 1.54) is 23.5 Å². The highest BCUT2D eigenvalue weighted by molar-refractivity contribution is 7.14. The molecule has 5 heteroatoms. The number of hydrogen-bond donors (Lipinski definition) is 2. The molecule has 0 bridgehead atoms. The molecule has 2 nitrogen and oxygen atoms in total. The Bertz CT molecular complexity index is 529. The first-order valence-corrected chi connectivity index (χ1v) is 6.31. The number of hydrogen-bond acceptors (Lipinski definition) is 3. The van der Waals surface area contributed by atoms with Crippen LogP contribution in [-0.2, 0) is 0 Å². The first-order chi connectivity index (χ1) is 8.06. The predicted molar refractivity (Wildman–Crippen MR) is 69.4 cm³/mol. The molecule has 1 unspecified atom stereocenters. The van der Waals surface area contributed by atoms with Gasteiger partial charge < -0.3 is 10.4 Å². The SMILES string of the molecule is CC(Nc1ccc(O)c(F)c1)c1csc(Cl)c1. The van der Waals surface area contributed by atoms with Crippen LogP contribution in [0.15, 0.2) is 29.6 Å². The normalized spacial score (nSPS) is 12.4. The zero-order valence-corrected chi connectivity index (χ0v) is 10.6. The molecule has 0 saturated carbocycles. The van der Waals surface area contributed by atoms with E-state index in [0.29, 0.717) is 5.69 Å². The second-order valence-electron chi connectivity index (χ2n) is 3.72. The van der Waals surface area contributed by atoms with Crippen LogP contribution in [0.5, 0.6) is 5.75 Å². The zero-order valence-electron chi connectivity index (χ0n) is 9.08. The van der Waals surface area contributed by atoms with E-state index >= 15 is 0 Å². The third kappa shape index (κ3) is 2.90. The van der Waals surface area contributed by atoms with Crippen LogP contribution in [0.3, 0.4) is 0 Å². The lowest BCUT2D eigenvalue weighted by Gasteiger charge is -2.14. The molecule has 0 aliphatic heterocycles. The van der Waals surface area contributed by atoms with Gasteiger partial charge in [0.25, 0.3) is 0 Å². The maximum atomic E-state index is 13.1. The number of rotatable bonds is 3. The summed E-state index contributed by atoms with van der Waals surface area (Å²) in [6, 6.07) is 6.12. The fourth-order valence-electron chi connectivity index (χ4n) is 1.48. The Morgan fingerprint density at radius 3 is 2.76 bits per heavy atom. The summed E-state index contributed by atoms with van der Waals surface area (Å²) < 4.78 is 13.9. The lowest BCUT2D eigenvalue weighted by molar-refractivity contribution is 0.432. The van der Waals surface area contributed by atoms with E-state index in [4.69, 9.17) is 16.7 Å². The Hall–Kier alpha value is -1.26. The minimum absolute atomic E-state index is 0.0303. The number of aromatic hydroxyl groups is 1. The number of halogens is 2. The summed E-state index contributed by atoms with van der Waals surface area (Å²) in [7, 11) is 0. The fraction of sp³-hybridized carbons (Fsp3) is 0.167. The standard InChI is InChI=1S/C12H11ClFNOS/c1-7(8-4-12(13)17-6-8)15-9-2-3-11(16)10(14)5-9/h2-7,15-16H,1H3. The summed E-state index contributed by atoms with van der Waals surface area (Å²) in [6.07, 6.45) is 0. The molecule has 0 amide bonds. The molecule has 0 fully saturated rings. The molecule has 0 aliphatic carbocycles. The van der Waals surface area contributed by atoms with Crippen molar-refractivity contribution in [2.75, 3.05) is 5.32 Å². The first-order valence-electron chi connectivity index (χ1n) is 5.05. The summed E-state index contributed by atoms with van der Waals surface area (Å²) in [5.41, 5.74) is 1.67. The van der Waals surface area contributed by atoms with Gasteiger partial charge in [0.2, 0.25) is 0 Å². The number of nitrogens with one attached hydrogen (secondary N) is 1. The van der Waals surface area contributed by atoms with Crippen LogP contribution in [-0.4, -0.2) is 5.11 Å². The maximum absolute atomic E-state index is 13.1. The second-order valence-corrected chi connectivity index (χ2v) is 5.26. The molecule has 1 aromatic heterocycles. The van der Waals surface area contributed by atoms with Gasteiger partial charge in [-0.15, -0.1) is 11.3 Å². The Balaban J connectivity index is 2.12. The van der Waals surface area contributed by atoms with Crippen molar-refractivity contribution in [3.63, 3.8) is 0 Å². The second kappa shape index (κ2) is 4.94. The molecule has 1 heterocycles. The summed E-state index contributed by atoms with van der Waals surface area (Å²) >= 11 is 7.31. The topological polar surface area (TPSA) is 32.3 Å². The van der Waals surface area contributed by atoms with Crippen LogP contribution in [0, 0.1) is 5.82 Å². The Morgan fingerprint density at radius 1 is 1.41 bits per heavy atom. The van der Waals surface area contributed by atoms with Crippen LogP contribution >= 0.6 is 22.9 Å². The third-order valence-electron chi connectivity index (χ3n) is 2.42. The van der Waals surface area contributed by atoms with Gasteiger partial charge in [-0.3, -0.25) is 0 Å². The van der Waals surface area contributed by atoms with Crippen LogP contribution in [0.1, 0.15) is 18.5 Å². The third-order valence-corrected chi connectivity index (χ3v) is 3.53. The molecule has 90 valence electrons. The minimum Gasteiger partial charge on any atom is -0.505 e. The fourth-order valence-corrected chi connectivity index (χ4v) is 2.47. The van der Waals surface area contributed by atoms with E-state index in [9.17, 15) is 4.39 Å². The van der Waals surface area contributed by atoms with Crippen molar-refractivity contribution in [3.8, 4) is 5.75 Å². The Morgan fingerprint density at radius 2 is 2.18 bits per heavy atom. The van der Waals surface area contributed by atoms with Crippen molar-refractivity contribution in [1.82, 2.24) is 0 Å².